The number of nitrogens with one attached hydrogen (secondary N) is 2. The molecule has 0 bridgehead atoms. The average Bonchev–Trinajstić information content (AvgIpc) is 2.53. The molecule has 0 saturated carbocycles. The van der Waals surface area contributed by atoms with E-state index in [1.54, 1.807) is 36.4 Å². The van der Waals surface area contributed by atoms with E-state index in [1.807, 2.05) is 11.6 Å². The number of benzene rings is 2. The third-order valence-electron chi connectivity index (χ3n) is 3.27. The lowest BCUT2D eigenvalue weighted by molar-refractivity contribution is 0.174. The SMILES string of the molecule is Cc1ccc(S(=O)(=O)NC(=O)NCC(O)c2ccc(Cl)cc2)cc1. The van der Waals surface area contributed by atoms with Crippen LogP contribution in [0.25, 0.3) is 0 Å². The molecular weight excluding hydrogens is 352 g/mol. The first kappa shape index (κ1) is 18.3. The Kier molecular flexibility index (Phi) is 5.82. The Balaban J connectivity index is 1.93. The first-order chi connectivity index (χ1) is 11.3. The summed E-state index contributed by atoms with van der Waals surface area (Å²) >= 11 is 5.76. The lowest BCUT2D eigenvalue weighted by Crippen LogP contribution is -2.41. The molecule has 1 unspecified atom stereocenters. The van der Waals surface area contributed by atoms with Gasteiger partial charge in [0, 0.05) is 11.6 Å². The second-order valence-corrected chi connectivity index (χ2v) is 7.31. The quantitative estimate of drug-likeness (QED) is 0.755. The zero-order chi connectivity index (χ0) is 17.7. The fourth-order valence-corrected chi connectivity index (χ4v) is 2.98. The monoisotopic (exact) mass is 368 g/mol. The summed E-state index contributed by atoms with van der Waals surface area (Å²) in [6.07, 6.45) is -0.977. The van der Waals surface area contributed by atoms with Crippen LogP contribution in [-0.4, -0.2) is 26.1 Å². The van der Waals surface area contributed by atoms with Gasteiger partial charge in [-0.2, -0.15) is 0 Å². The van der Waals surface area contributed by atoms with Crippen LogP contribution in [0.5, 0.6) is 0 Å². The highest BCUT2D eigenvalue weighted by Gasteiger charge is 2.18. The molecule has 8 heteroatoms. The van der Waals surface area contributed by atoms with E-state index in [2.05, 4.69) is 5.32 Å². The molecule has 6 nitrogen and oxygen atoms in total. The van der Waals surface area contributed by atoms with Crippen molar-refractivity contribution in [2.24, 2.45) is 0 Å². The Morgan fingerprint density at radius 1 is 1.12 bits per heavy atom. The van der Waals surface area contributed by atoms with E-state index in [4.69, 9.17) is 11.6 Å². The van der Waals surface area contributed by atoms with E-state index in [-0.39, 0.29) is 11.4 Å². The summed E-state index contributed by atoms with van der Waals surface area (Å²) in [5.41, 5.74) is 1.46. The predicted molar refractivity (Wildman–Crippen MR) is 91.3 cm³/mol. The minimum atomic E-state index is -3.96. The Labute approximate surface area is 145 Å². The van der Waals surface area contributed by atoms with E-state index >= 15 is 0 Å². The van der Waals surface area contributed by atoms with Gasteiger partial charge in [-0.1, -0.05) is 41.4 Å². The first-order valence-corrected chi connectivity index (χ1v) is 8.95. The van der Waals surface area contributed by atoms with Gasteiger partial charge in [-0.15, -0.1) is 0 Å². The summed E-state index contributed by atoms with van der Waals surface area (Å²) in [6, 6.07) is 11.6. The normalized spacial score (nSPS) is 12.5. The highest BCUT2D eigenvalue weighted by molar-refractivity contribution is 7.90. The molecule has 1 atom stereocenters. The summed E-state index contributed by atoms with van der Waals surface area (Å²) in [7, 11) is -3.96. The number of aliphatic hydroxyl groups excluding tert-OH is 1. The third kappa shape index (κ3) is 4.95. The van der Waals surface area contributed by atoms with Crippen LogP contribution in [0.4, 0.5) is 4.79 Å². The molecule has 0 radical (unpaired) electrons. The lowest BCUT2D eigenvalue weighted by Gasteiger charge is -2.13. The molecule has 2 amide bonds. The fraction of sp³-hybridized carbons (Fsp3) is 0.188. The maximum atomic E-state index is 12.1. The Hall–Kier alpha value is -2.09. The van der Waals surface area contributed by atoms with E-state index in [9.17, 15) is 18.3 Å². The molecular formula is C16H17ClN2O4S. The Bertz CT molecular complexity index is 805. The fourth-order valence-electron chi connectivity index (χ4n) is 1.93. The number of hydrogen-bond acceptors (Lipinski definition) is 4. The van der Waals surface area contributed by atoms with Gasteiger partial charge in [0.15, 0.2) is 0 Å². The number of urea groups is 1. The van der Waals surface area contributed by atoms with Crippen LogP contribution in [0.2, 0.25) is 5.02 Å². The molecule has 128 valence electrons. The molecule has 0 spiro atoms. The molecule has 0 saturated heterocycles. The lowest BCUT2D eigenvalue weighted by atomic mass is 10.1. The van der Waals surface area contributed by atoms with E-state index in [1.165, 1.54) is 12.1 Å². The molecule has 3 N–H and O–H groups in total. The van der Waals surface area contributed by atoms with Gasteiger partial charge in [-0.05, 0) is 36.8 Å². The molecule has 2 rings (SSSR count). The van der Waals surface area contributed by atoms with Crippen molar-refractivity contribution in [3.8, 4) is 0 Å². The summed E-state index contributed by atoms with van der Waals surface area (Å²) in [4.78, 5) is 11.7. The van der Waals surface area contributed by atoms with E-state index in [0.717, 1.165) is 5.56 Å². The maximum Gasteiger partial charge on any atom is 0.328 e. The topological polar surface area (TPSA) is 95.5 Å². The molecule has 0 fully saturated rings. The molecule has 0 aliphatic heterocycles. The number of halogens is 1. The van der Waals surface area contributed by atoms with Crippen molar-refractivity contribution in [3.05, 3.63) is 64.7 Å². The standard InChI is InChI=1S/C16H17ClN2O4S/c1-11-2-8-14(9-3-11)24(22,23)19-16(21)18-10-15(20)12-4-6-13(17)7-5-12/h2-9,15,20H,10H2,1H3,(H2,18,19,21). The smallest absolute Gasteiger partial charge is 0.328 e. The van der Waals surface area contributed by atoms with E-state index < -0.39 is 22.2 Å². The summed E-state index contributed by atoms with van der Waals surface area (Å²) in [5.74, 6) is 0. The van der Waals surface area contributed by atoms with Crippen LogP contribution in [0.3, 0.4) is 0 Å². The number of rotatable bonds is 5. The number of amides is 2. The van der Waals surface area contributed by atoms with Crippen LogP contribution < -0.4 is 10.0 Å². The van der Waals surface area contributed by atoms with Gasteiger partial charge in [0.25, 0.3) is 10.0 Å². The van der Waals surface area contributed by atoms with Gasteiger partial charge >= 0.3 is 6.03 Å². The zero-order valence-electron chi connectivity index (χ0n) is 12.9. The molecule has 24 heavy (non-hydrogen) atoms. The number of hydrogen-bond donors (Lipinski definition) is 3. The van der Waals surface area contributed by atoms with Crippen LogP contribution >= 0.6 is 11.6 Å². The highest BCUT2D eigenvalue weighted by atomic mass is 35.5. The van der Waals surface area contributed by atoms with Crippen LogP contribution in [0.1, 0.15) is 17.2 Å². The summed E-state index contributed by atoms with van der Waals surface area (Å²) in [6.45, 7) is 1.69. The van der Waals surface area contributed by atoms with Crippen LogP contribution in [-0.2, 0) is 10.0 Å². The first-order valence-electron chi connectivity index (χ1n) is 7.09. The largest absolute Gasteiger partial charge is 0.387 e. The predicted octanol–water partition coefficient (Wildman–Crippen LogP) is 2.37. The van der Waals surface area contributed by atoms with Gasteiger partial charge in [0.05, 0.1) is 11.0 Å². The van der Waals surface area contributed by atoms with Crippen molar-refractivity contribution < 1.29 is 18.3 Å². The molecule has 2 aromatic rings. The number of sulfonamides is 1. The van der Waals surface area contributed by atoms with Crippen molar-refractivity contribution in [1.29, 1.82) is 0 Å². The maximum absolute atomic E-state index is 12.1. The third-order valence-corrected chi connectivity index (χ3v) is 4.87. The second-order valence-electron chi connectivity index (χ2n) is 5.20. The molecule has 2 aromatic carbocycles. The van der Waals surface area contributed by atoms with Crippen molar-refractivity contribution in [2.75, 3.05) is 6.54 Å². The van der Waals surface area contributed by atoms with Crippen LogP contribution in [0, 0.1) is 6.92 Å². The molecule has 0 aliphatic rings. The van der Waals surface area contributed by atoms with Crippen LogP contribution in [0.15, 0.2) is 53.4 Å². The van der Waals surface area contributed by atoms with Gasteiger partial charge in [-0.25, -0.2) is 17.9 Å². The summed E-state index contributed by atoms with van der Waals surface area (Å²) < 4.78 is 26.0. The van der Waals surface area contributed by atoms with Gasteiger partial charge < -0.3 is 10.4 Å². The number of aliphatic hydroxyl groups is 1. The minimum absolute atomic E-state index is 0.0125. The van der Waals surface area contributed by atoms with Gasteiger partial charge in [-0.3, -0.25) is 0 Å². The number of aryl methyl sites for hydroxylation is 1. The summed E-state index contributed by atoms with van der Waals surface area (Å²) in [5, 5.41) is 12.8. The minimum Gasteiger partial charge on any atom is -0.387 e. The second kappa shape index (κ2) is 7.65. The van der Waals surface area contributed by atoms with Crippen molar-refractivity contribution >= 4 is 27.7 Å². The van der Waals surface area contributed by atoms with Gasteiger partial charge in [0.2, 0.25) is 0 Å². The molecule has 0 aliphatic carbocycles. The van der Waals surface area contributed by atoms with Crippen molar-refractivity contribution in [1.82, 2.24) is 10.0 Å². The zero-order valence-corrected chi connectivity index (χ0v) is 14.4. The average molecular weight is 369 g/mol. The Morgan fingerprint density at radius 3 is 2.29 bits per heavy atom. The van der Waals surface area contributed by atoms with Gasteiger partial charge in [0.1, 0.15) is 0 Å². The number of carbonyl (C=O) groups is 1. The molecule has 0 aromatic heterocycles. The van der Waals surface area contributed by atoms with Crippen molar-refractivity contribution in [3.63, 3.8) is 0 Å². The Morgan fingerprint density at radius 2 is 1.71 bits per heavy atom. The molecule has 0 heterocycles. The number of carbonyl (C=O) groups excluding carboxylic acids is 1. The van der Waals surface area contributed by atoms with Crippen molar-refractivity contribution in [2.45, 2.75) is 17.9 Å². The van der Waals surface area contributed by atoms with E-state index in [0.29, 0.717) is 10.6 Å². The highest BCUT2D eigenvalue weighted by Crippen LogP contribution is 2.15.